The van der Waals surface area contributed by atoms with Crippen LogP contribution in [0.2, 0.25) is 0 Å². The molecule has 1 aliphatic rings. The molecule has 2 heterocycles. The number of carbonyl (C=O) groups is 2. The molecule has 0 aromatic carbocycles. The van der Waals surface area contributed by atoms with Crippen molar-refractivity contribution >= 4 is 22.8 Å². The quantitative estimate of drug-likeness (QED) is 0.569. The van der Waals surface area contributed by atoms with Crippen molar-refractivity contribution in [3.8, 4) is 5.88 Å². The van der Waals surface area contributed by atoms with Gasteiger partial charge in [-0.2, -0.15) is 0 Å². The van der Waals surface area contributed by atoms with Gasteiger partial charge in [-0.3, -0.25) is 14.5 Å². The Morgan fingerprint density at radius 1 is 1.32 bits per heavy atom. The van der Waals surface area contributed by atoms with E-state index in [0.29, 0.717) is 31.1 Å². The summed E-state index contributed by atoms with van der Waals surface area (Å²) in [4.78, 5) is 29.2. The maximum absolute atomic E-state index is 11.5. The van der Waals surface area contributed by atoms with Gasteiger partial charge in [-0.1, -0.05) is 30.3 Å². The van der Waals surface area contributed by atoms with E-state index in [9.17, 15) is 9.59 Å². The van der Waals surface area contributed by atoms with E-state index < -0.39 is 0 Å². The number of rotatable bonds is 11. The summed E-state index contributed by atoms with van der Waals surface area (Å²) in [7, 11) is 0. The molecule has 0 radical (unpaired) electrons. The highest BCUT2D eigenvalue weighted by molar-refractivity contribution is 8.13. The Bertz CT molecular complexity index is 660. The number of primary amides is 1. The van der Waals surface area contributed by atoms with Gasteiger partial charge < -0.3 is 10.5 Å². The van der Waals surface area contributed by atoms with Crippen molar-refractivity contribution in [3.05, 3.63) is 36.0 Å². The number of ether oxygens (including phenoxy) is 1. The first-order valence-electron chi connectivity index (χ1n) is 9.92. The van der Waals surface area contributed by atoms with Crippen LogP contribution in [0.25, 0.3) is 0 Å². The minimum atomic E-state index is -0.332. The van der Waals surface area contributed by atoms with Gasteiger partial charge in [-0.25, -0.2) is 4.98 Å². The van der Waals surface area contributed by atoms with Gasteiger partial charge in [-0.05, 0) is 50.4 Å². The molecular formula is C21H31N3O3S. The molecule has 6 nitrogen and oxygen atoms in total. The third-order valence-corrected chi connectivity index (χ3v) is 5.59. The topological polar surface area (TPSA) is 85.5 Å². The van der Waals surface area contributed by atoms with Crippen LogP contribution in [0.5, 0.6) is 5.88 Å². The molecule has 0 bridgehead atoms. The summed E-state index contributed by atoms with van der Waals surface area (Å²) in [6.07, 6.45) is 10.6. The number of hydrogen-bond donors (Lipinski definition) is 1. The number of likely N-dealkylation sites (tertiary alicyclic amines) is 1. The van der Waals surface area contributed by atoms with Gasteiger partial charge in [0.15, 0.2) is 5.12 Å². The predicted octanol–water partition coefficient (Wildman–Crippen LogP) is 3.16. The van der Waals surface area contributed by atoms with Crippen LogP contribution in [0.15, 0.2) is 30.5 Å². The molecule has 0 spiro atoms. The second kappa shape index (κ2) is 12.6. The molecule has 1 amide bonds. The zero-order chi connectivity index (χ0) is 20.2. The number of piperidine rings is 1. The van der Waals surface area contributed by atoms with E-state index >= 15 is 0 Å². The minimum Gasteiger partial charge on any atom is -0.473 e. The minimum absolute atomic E-state index is 0.0576. The monoisotopic (exact) mass is 405 g/mol. The Balaban J connectivity index is 1.73. The largest absolute Gasteiger partial charge is 0.473 e. The number of nitrogens with two attached hydrogens (primary N) is 1. The smallest absolute Gasteiger partial charge is 0.220 e. The Hall–Kier alpha value is -1.86. The highest BCUT2D eigenvalue weighted by Gasteiger charge is 2.14. The number of amides is 1. The highest BCUT2D eigenvalue weighted by Crippen LogP contribution is 2.16. The lowest BCUT2D eigenvalue weighted by molar-refractivity contribution is -0.121. The first kappa shape index (κ1) is 22.4. The fraction of sp³-hybridized carbons (Fsp3) is 0.571. The van der Waals surface area contributed by atoms with Gasteiger partial charge in [0.2, 0.25) is 11.8 Å². The first-order chi connectivity index (χ1) is 13.5. The molecule has 1 aliphatic heterocycles. The molecule has 1 aromatic heterocycles. The number of carbonyl (C=O) groups excluding carboxylic acids is 2. The van der Waals surface area contributed by atoms with Crippen LogP contribution in [-0.2, 0) is 16.1 Å². The number of allylic oxidation sites excluding steroid dienone is 1. The van der Waals surface area contributed by atoms with Crippen LogP contribution in [0, 0.1) is 5.92 Å². The van der Waals surface area contributed by atoms with Gasteiger partial charge in [-0.15, -0.1) is 0 Å². The molecule has 0 aliphatic carbocycles. The highest BCUT2D eigenvalue weighted by atomic mass is 32.2. The summed E-state index contributed by atoms with van der Waals surface area (Å²) in [5, 5.41) is 0.0576. The van der Waals surface area contributed by atoms with Crippen LogP contribution in [0.4, 0.5) is 0 Å². The van der Waals surface area contributed by atoms with E-state index in [-0.39, 0.29) is 16.9 Å². The Labute approximate surface area is 171 Å². The van der Waals surface area contributed by atoms with Crippen molar-refractivity contribution in [2.45, 2.75) is 45.6 Å². The lowest BCUT2D eigenvalue weighted by Crippen LogP contribution is -2.29. The Kier molecular flexibility index (Phi) is 10.1. The number of hydrogen-bond acceptors (Lipinski definition) is 6. The van der Waals surface area contributed by atoms with E-state index in [1.54, 1.807) is 6.20 Å². The van der Waals surface area contributed by atoms with Crippen LogP contribution in [0.1, 0.15) is 44.6 Å². The second-order valence-corrected chi connectivity index (χ2v) is 8.36. The van der Waals surface area contributed by atoms with E-state index in [0.717, 1.165) is 19.6 Å². The number of aromatic nitrogens is 1. The van der Waals surface area contributed by atoms with Crippen molar-refractivity contribution < 1.29 is 14.3 Å². The lowest BCUT2D eigenvalue weighted by Gasteiger charge is -2.26. The van der Waals surface area contributed by atoms with Gasteiger partial charge in [0.1, 0.15) is 6.61 Å². The van der Waals surface area contributed by atoms with E-state index in [2.05, 4.69) is 9.88 Å². The van der Waals surface area contributed by atoms with Gasteiger partial charge in [0, 0.05) is 37.4 Å². The molecule has 1 saturated heterocycles. The normalized spacial score (nSPS) is 16.2. The fourth-order valence-electron chi connectivity index (χ4n) is 3.19. The third-order valence-electron chi connectivity index (χ3n) is 4.74. The van der Waals surface area contributed by atoms with Crippen molar-refractivity contribution in [1.82, 2.24) is 9.88 Å². The molecule has 1 atom stereocenters. The molecular weight excluding hydrogens is 374 g/mol. The summed E-state index contributed by atoms with van der Waals surface area (Å²) in [5.74, 6) is 0.639. The summed E-state index contributed by atoms with van der Waals surface area (Å²) < 4.78 is 5.71. The fourth-order valence-corrected chi connectivity index (χ4v) is 3.88. The third kappa shape index (κ3) is 8.89. The van der Waals surface area contributed by atoms with Crippen molar-refractivity contribution in [2.75, 3.05) is 25.4 Å². The summed E-state index contributed by atoms with van der Waals surface area (Å²) >= 11 is 1.22. The SMILES string of the molecule is CC(=O)SCCC(CC=CCOc1cc(CN2CCCCC2)ccn1)C(N)=O. The molecule has 2 N–H and O–H groups in total. The molecule has 154 valence electrons. The zero-order valence-corrected chi connectivity index (χ0v) is 17.5. The Morgan fingerprint density at radius 2 is 2.11 bits per heavy atom. The molecule has 0 saturated carbocycles. The Morgan fingerprint density at radius 3 is 2.82 bits per heavy atom. The van der Waals surface area contributed by atoms with Crippen molar-refractivity contribution in [2.24, 2.45) is 11.7 Å². The summed E-state index contributed by atoms with van der Waals surface area (Å²) in [6, 6.07) is 4.03. The number of nitrogens with zero attached hydrogens (tertiary/aromatic N) is 2. The summed E-state index contributed by atoms with van der Waals surface area (Å²) in [6.45, 7) is 5.18. The molecule has 2 rings (SSSR count). The molecule has 1 fully saturated rings. The van der Waals surface area contributed by atoms with Gasteiger partial charge in [0.05, 0.1) is 0 Å². The first-order valence-corrected chi connectivity index (χ1v) is 10.9. The van der Waals surface area contributed by atoms with Crippen LogP contribution in [0.3, 0.4) is 0 Å². The molecule has 28 heavy (non-hydrogen) atoms. The number of pyridine rings is 1. The number of thioether (sulfide) groups is 1. The van der Waals surface area contributed by atoms with Crippen molar-refractivity contribution in [3.63, 3.8) is 0 Å². The van der Waals surface area contributed by atoms with Gasteiger partial charge in [0.25, 0.3) is 0 Å². The predicted molar refractivity (Wildman–Crippen MR) is 113 cm³/mol. The zero-order valence-electron chi connectivity index (χ0n) is 16.6. The van der Waals surface area contributed by atoms with Gasteiger partial charge >= 0.3 is 0 Å². The van der Waals surface area contributed by atoms with Crippen molar-refractivity contribution in [1.29, 1.82) is 0 Å². The van der Waals surface area contributed by atoms with Crippen LogP contribution >= 0.6 is 11.8 Å². The van der Waals surface area contributed by atoms with E-state index in [4.69, 9.17) is 10.5 Å². The maximum Gasteiger partial charge on any atom is 0.220 e. The van der Waals surface area contributed by atoms with E-state index in [1.165, 1.54) is 43.5 Å². The van der Waals surface area contributed by atoms with Crippen LogP contribution < -0.4 is 10.5 Å². The maximum atomic E-state index is 11.5. The molecule has 7 heteroatoms. The average molecular weight is 406 g/mol. The summed E-state index contributed by atoms with van der Waals surface area (Å²) in [5.41, 5.74) is 6.66. The average Bonchev–Trinajstić information content (AvgIpc) is 2.67. The van der Waals surface area contributed by atoms with E-state index in [1.807, 2.05) is 24.3 Å². The second-order valence-electron chi connectivity index (χ2n) is 7.09. The lowest BCUT2D eigenvalue weighted by atomic mass is 10.0. The molecule has 1 aromatic rings. The van der Waals surface area contributed by atoms with Crippen LogP contribution in [-0.4, -0.2) is 46.4 Å². The molecule has 1 unspecified atom stereocenters. The standard InChI is InChI=1S/C21H31N3O3S/c1-17(25)28-14-9-19(21(22)26)7-3-6-13-27-20-15-18(8-10-23-20)16-24-11-4-2-5-12-24/h3,6,8,10,15,19H,2,4-5,7,9,11-14,16H2,1H3,(H2,22,26).